The summed E-state index contributed by atoms with van der Waals surface area (Å²) in [4.78, 5) is 11.4. The van der Waals surface area contributed by atoms with Crippen LogP contribution in [0.25, 0.3) is 11.0 Å². The number of fused-ring (bicyclic) bond motifs is 1. The number of ether oxygens (including phenoxy) is 1. The number of aromatic nitrogens is 3. The summed E-state index contributed by atoms with van der Waals surface area (Å²) in [6.07, 6.45) is 1.70. The van der Waals surface area contributed by atoms with Gasteiger partial charge in [0.25, 0.3) is 0 Å². The number of carbonyl (C=O) groups excluding carboxylic acids is 1. The van der Waals surface area contributed by atoms with Crippen LogP contribution in [0.1, 0.15) is 5.56 Å². The lowest BCUT2D eigenvalue weighted by molar-refractivity contribution is -0.137. The molecule has 0 spiro atoms. The van der Waals surface area contributed by atoms with Gasteiger partial charge in [0.2, 0.25) is 0 Å². The first kappa shape index (κ1) is 11.1. The summed E-state index contributed by atoms with van der Waals surface area (Å²) in [6.45, 7) is 3.59. The maximum absolute atomic E-state index is 10.8. The number of esters is 1. The molecule has 2 rings (SSSR count). The van der Waals surface area contributed by atoms with Crippen molar-refractivity contribution in [2.75, 3.05) is 6.61 Å². The summed E-state index contributed by atoms with van der Waals surface area (Å²) in [7, 11) is 0. The molecule has 0 saturated carbocycles. The molecule has 0 bridgehead atoms. The smallest absolute Gasteiger partial charge is 0.330 e. The molecular weight excluding hydrogens is 222 g/mol. The Labute approximate surface area is 97.1 Å². The van der Waals surface area contributed by atoms with Crippen molar-refractivity contribution in [3.63, 3.8) is 0 Å². The highest BCUT2D eigenvalue weighted by molar-refractivity contribution is 5.81. The Morgan fingerprint density at radius 1 is 1.47 bits per heavy atom. The minimum atomic E-state index is -0.438. The highest BCUT2D eigenvalue weighted by Gasteiger charge is 2.03. The lowest BCUT2D eigenvalue weighted by atomic mass is 10.1. The van der Waals surface area contributed by atoms with Crippen molar-refractivity contribution in [1.82, 2.24) is 15.2 Å². The van der Waals surface area contributed by atoms with Crippen molar-refractivity contribution in [3.05, 3.63) is 36.4 Å². The van der Waals surface area contributed by atoms with Crippen molar-refractivity contribution in [2.24, 2.45) is 0 Å². The fraction of sp³-hybridized carbons (Fsp3) is 0.182. The van der Waals surface area contributed by atoms with Crippen LogP contribution in [0.3, 0.4) is 0 Å². The summed E-state index contributed by atoms with van der Waals surface area (Å²) in [5.41, 5.74) is 2.16. The Morgan fingerprint density at radius 3 is 3.00 bits per heavy atom. The van der Waals surface area contributed by atoms with Gasteiger partial charge in [0.1, 0.15) is 11.0 Å². The van der Waals surface area contributed by atoms with Crippen molar-refractivity contribution < 1.29 is 14.7 Å². The molecule has 0 saturated heterocycles. The van der Waals surface area contributed by atoms with E-state index in [1.54, 1.807) is 12.1 Å². The molecule has 0 amide bonds. The summed E-state index contributed by atoms with van der Waals surface area (Å²) in [5, 5.41) is 16.6. The standard InChI is InChI=1S/C11H11N3O3/c1-2-11(15)17-6-5-8-3-4-9-10(7-8)13-14(16)12-9/h2-4,7,16H,1,5-6H2. The molecule has 88 valence electrons. The molecule has 2 aromatic rings. The largest absolute Gasteiger partial charge is 0.462 e. The topological polar surface area (TPSA) is 77.2 Å². The number of carbonyl (C=O) groups is 1. The average molecular weight is 233 g/mol. The fourth-order valence-electron chi connectivity index (χ4n) is 1.43. The van der Waals surface area contributed by atoms with E-state index in [1.807, 2.05) is 6.07 Å². The zero-order chi connectivity index (χ0) is 12.3. The van der Waals surface area contributed by atoms with E-state index in [1.165, 1.54) is 0 Å². The van der Waals surface area contributed by atoms with Crippen molar-refractivity contribution in [2.45, 2.75) is 6.42 Å². The zero-order valence-electron chi connectivity index (χ0n) is 9.04. The van der Waals surface area contributed by atoms with Gasteiger partial charge in [-0.1, -0.05) is 12.6 Å². The second-order valence-electron chi connectivity index (χ2n) is 3.41. The summed E-state index contributed by atoms with van der Waals surface area (Å²) in [5.74, 6) is -0.438. The molecule has 0 atom stereocenters. The number of hydrogen-bond donors (Lipinski definition) is 1. The molecule has 0 aliphatic heterocycles. The molecule has 1 heterocycles. The van der Waals surface area contributed by atoms with Gasteiger partial charge in [0, 0.05) is 12.5 Å². The van der Waals surface area contributed by atoms with Crippen molar-refractivity contribution in [1.29, 1.82) is 0 Å². The number of hydrogen-bond acceptors (Lipinski definition) is 5. The van der Waals surface area contributed by atoms with Crippen LogP contribution < -0.4 is 0 Å². The molecule has 1 aromatic carbocycles. The normalized spacial score (nSPS) is 10.4. The second-order valence-corrected chi connectivity index (χ2v) is 3.41. The first-order valence-electron chi connectivity index (χ1n) is 5.03. The third-order valence-corrected chi connectivity index (χ3v) is 2.24. The van der Waals surface area contributed by atoms with E-state index in [9.17, 15) is 4.79 Å². The van der Waals surface area contributed by atoms with Gasteiger partial charge in [-0.05, 0) is 22.7 Å². The summed E-state index contributed by atoms with van der Waals surface area (Å²) >= 11 is 0. The third kappa shape index (κ3) is 2.60. The van der Waals surface area contributed by atoms with Crippen LogP contribution >= 0.6 is 0 Å². The predicted octanol–water partition coefficient (Wildman–Crippen LogP) is 0.940. The molecule has 0 unspecified atom stereocenters. The maximum Gasteiger partial charge on any atom is 0.330 e. The first-order chi connectivity index (χ1) is 8.19. The van der Waals surface area contributed by atoms with E-state index < -0.39 is 5.97 Å². The van der Waals surface area contributed by atoms with Gasteiger partial charge in [0.05, 0.1) is 6.61 Å². The molecule has 6 heteroatoms. The van der Waals surface area contributed by atoms with E-state index in [2.05, 4.69) is 16.8 Å². The quantitative estimate of drug-likeness (QED) is 0.483. The molecule has 6 nitrogen and oxygen atoms in total. The van der Waals surface area contributed by atoms with E-state index >= 15 is 0 Å². The van der Waals surface area contributed by atoms with Crippen LogP contribution in [0.4, 0.5) is 0 Å². The van der Waals surface area contributed by atoms with E-state index in [0.717, 1.165) is 11.6 Å². The van der Waals surface area contributed by atoms with E-state index in [-0.39, 0.29) is 6.61 Å². The predicted molar refractivity (Wildman–Crippen MR) is 59.6 cm³/mol. The van der Waals surface area contributed by atoms with Gasteiger partial charge in [-0.3, -0.25) is 0 Å². The van der Waals surface area contributed by atoms with Crippen LogP contribution in [-0.4, -0.2) is 32.9 Å². The van der Waals surface area contributed by atoms with Gasteiger partial charge in [-0.15, -0.1) is 10.2 Å². The number of benzene rings is 1. The van der Waals surface area contributed by atoms with Crippen molar-refractivity contribution in [3.8, 4) is 0 Å². The molecule has 1 aromatic heterocycles. The molecule has 0 aliphatic rings. The van der Waals surface area contributed by atoms with E-state index in [4.69, 9.17) is 9.94 Å². The fourth-order valence-corrected chi connectivity index (χ4v) is 1.43. The van der Waals surface area contributed by atoms with Gasteiger partial charge in [-0.25, -0.2) is 4.79 Å². The van der Waals surface area contributed by atoms with Crippen LogP contribution in [0, 0.1) is 0 Å². The minimum Gasteiger partial charge on any atom is -0.462 e. The molecule has 0 fully saturated rings. The molecule has 0 aliphatic carbocycles. The highest BCUT2D eigenvalue weighted by Crippen LogP contribution is 2.11. The highest BCUT2D eigenvalue weighted by atomic mass is 16.5. The third-order valence-electron chi connectivity index (χ3n) is 2.24. The molecular formula is C11H11N3O3. The summed E-state index contributed by atoms with van der Waals surface area (Å²) in [6, 6.07) is 5.38. The lowest BCUT2D eigenvalue weighted by Gasteiger charge is -2.01. The van der Waals surface area contributed by atoms with Crippen molar-refractivity contribution >= 4 is 17.0 Å². The van der Waals surface area contributed by atoms with Crippen LogP contribution in [0.5, 0.6) is 0 Å². The Bertz CT molecular complexity index is 562. The van der Waals surface area contributed by atoms with Crippen LogP contribution in [-0.2, 0) is 16.0 Å². The Kier molecular flexibility index (Phi) is 3.04. The second kappa shape index (κ2) is 4.65. The van der Waals surface area contributed by atoms with Crippen LogP contribution in [0.2, 0.25) is 0 Å². The lowest BCUT2D eigenvalue weighted by Crippen LogP contribution is -2.04. The van der Waals surface area contributed by atoms with Gasteiger partial charge >= 0.3 is 5.97 Å². The molecule has 1 N–H and O–H groups in total. The maximum atomic E-state index is 10.8. The monoisotopic (exact) mass is 233 g/mol. The minimum absolute atomic E-state index is 0.281. The molecule has 17 heavy (non-hydrogen) atoms. The van der Waals surface area contributed by atoms with E-state index in [0.29, 0.717) is 22.4 Å². The molecule has 0 radical (unpaired) electrons. The number of nitrogens with zero attached hydrogens (tertiary/aromatic N) is 3. The summed E-state index contributed by atoms with van der Waals surface area (Å²) < 4.78 is 4.86. The number of rotatable bonds is 4. The van der Waals surface area contributed by atoms with Gasteiger partial charge in [-0.2, -0.15) is 0 Å². The first-order valence-corrected chi connectivity index (χ1v) is 5.03. The Hall–Kier alpha value is -2.37. The Morgan fingerprint density at radius 2 is 2.24 bits per heavy atom. The Balaban J connectivity index is 2.03. The SMILES string of the molecule is C=CC(=O)OCCc1ccc2nn(O)nc2c1. The average Bonchev–Trinajstić information content (AvgIpc) is 2.68. The van der Waals surface area contributed by atoms with Gasteiger partial charge < -0.3 is 9.94 Å². The zero-order valence-corrected chi connectivity index (χ0v) is 9.04. The van der Waals surface area contributed by atoms with Gasteiger partial charge in [0.15, 0.2) is 0 Å². The van der Waals surface area contributed by atoms with Crippen LogP contribution in [0.15, 0.2) is 30.9 Å².